The van der Waals surface area contributed by atoms with Crippen LogP contribution in [-0.2, 0) is 19.2 Å². The molecule has 0 aliphatic carbocycles. The molecule has 3 fully saturated rings. The van der Waals surface area contributed by atoms with Gasteiger partial charge in [-0.05, 0) is 50.3 Å². The van der Waals surface area contributed by atoms with Crippen molar-refractivity contribution in [3.63, 3.8) is 0 Å². The minimum Gasteiger partial charge on any atom is -0.341 e. The number of guanidine groups is 1. The maximum absolute atomic E-state index is 13.5. The number of amides is 6. The van der Waals surface area contributed by atoms with E-state index in [1.165, 1.54) is 0 Å². The molecule has 2 atom stereocenters. The van der Waals surface area contributed by atoms with Crippen LogP contribution in [0, 0.1) is 0 Å². The fraction of sp³-hybridized carbons (Fsp3) is 0.480. The quantitative estimate of drug-likeness (QED) is 0.264. The highest BCUT2D eigenvalue weighted by atomic mass is 16.2. The maximum atomic E-state index is 13.5. The summed E-state index contributed by atoms with van der Waals surface area (Å²) in [5.74, 6) is -1.61. The summed E-state index contributed by atoms with van der Waals surface area (Å²) in [6.45, 7) is 1.87. The minimum atomic E-state index is -1.10. The van der Waals surface area contributed by atoms with Gasteiger partial charge in [-0.25, -0.2) is 9.79 Å². The van der Waals surface area contributed by atoms with Gasteiger partial charge in [-0.15, -0.1) is 0 Å². The first kappa shape index (κ1) is 26.1. The van der Waals surface area contributed by atoms with Crippen molar-refractivity contribution in [2.24, 2.45) is 4.99 Å². The molecule has 0 saturated carbocycles. The van der Waals surface area contributed by atoms with E-state index in [2.05, 4.69) is 36.5 Å². The van der Waals surface area contributed by atoms with Crippen molar-refractivity contribution in [1.82, 2.24) is 35.9 Å². The third-order valence-electron chi connectivity index (χ3n) is 7.03. The van der Waals surface area contributed by atoms with Crippen LogP contribution in [0.3, 0.4) is 0 Å². The molecule has 0 bridgehead atoms. The average Bonchev–Trinajstić information content (AvgIpc) is 3.58. The van der Waals surface area contributed by atoms with Gasteiger partial charge in [-0.3, -0.25) is 34.9 Å². The van der Waals surface area contributed by atoms with Crippen molar-refractivity contribution in [3.05, 3.63) is 24.4 Å². The summed E-state index contributed by atoms with van der Waals surface area (Å²) >= 11 is 0. The van der Waals surface area contributed by atoms with Crippen LogP contribution in [0.4, 0.5) is 10.5 Å². The largest absolute Gasteiger partial charge is 0.341 e. The number of likely N-dealkylation sites (tertiary alicyclic amines) is 2. The zero-order valence-corrected chi connectivity index (χ0v) is 21.4. The lowest BCUT2D eigenvalue weighted by Crippen LogP contribution is -2.58. The number of nitrogens with one attached hydrogen (secondary N) is 5. The Morgan fingerprint density at radius 2 is 1.87 bits per heavy atom. The van der Waals surface area contributed by atoms with E-state index in [0.717, 1.165) is 30.2 Å². The van der Waals surface area contributed by atoms with Gasteiger partial charge < -0.3 is 20.4 Å². The topological polar surface area (TPSA) is 181 Å². The van der Waals surface area contributed by atoms with Crippen LogP contribution in [0.15, 0.2) is 29.4 Å². The van der Waals surface area contributed by atoms with Crippen LogP contribution in [0.1, 0.15) is 38.5 Å². The Hall–Kier alpha value is -4.49. The monoisotopic (exact) mass is 537 g/mol. The Balaban J connectivity index is 1.37. The number of aromatic nitrogens is 2. The number of urea groups is 1. The zero-order chi connectivity index (χ0) is 27.4. The molecule has 5 N–H and O–H groups in total. The molecule has 3 saturated heterocycles. The first-order valence-corrected chi connectivity index (χ1v) is 13.1. The van der Waals surface area contributed by atoms with Crippen LogP contribution in [0.5, 0.6) is 0 Å². The van der Waals surface area contributed by atoms with Gasteiger partial charge in [0, 0.05) is 30.7 Å². The first-order chi connectivity index (χ1) is 18.9. The number of anilines is 1. The second-order valence-electron chi connectivity index (χ2n) is 9.90. The minimum absolute atomic E-state index is 0.000314. The summed E-state index contributed by atoms with van der Waals surface area (Å²) in [6, 6.07) is 2.67. The summed E-state index contributed by atoms with van der Waals surface area (Å²) in [6.07, 6.45) is 5.27. The van der Waals surface area contributed by atoms with Crippen LogP contribution in [0.25, 0.3) is 10.9 Å². The van der Waals surface area contributed by atoms with E-state index in [1.807, 2.05) is 6.07 Å². The van der Waals surface area contributed by atoms with Gasteiger partial charge in [0.2, 0.25) is 29.6 Å². The highest BCUT2D eigenvalue weighted by Gasteiger charge is 2.32. The normalized spacial score (nSPS) is 22.4. The van der Waals surface area contributed by atoms with Gasteiger partial charge in [0.05, 0.1) is 24.7 Å². The van der Waals surface area contributed by atoms with Crippen molar-refractivity contribution in [2.45, 2.75) is 50.6 Å². The molecule has 0 radical (unpaired) electrons. The smallest absolute Gasteiger partial charge is 0.322 e. The molecule has 39 heavy (non-hydrogen) atoms. The predicted octanol–water partition coefficient (Wildman–Crippen LogP) is 0.0486. The molecule has 1 unspecified atom stereocenters. The van der Waals surface area contributed by atoms with Gasteiger partial charge in [-0.1, -0.05) is 0 Å². The number of aliphatic imine (C=N–C) groups is 1. The number of carbonyl (C=O) groups is 5. The first-order valence-electron chi connectivity index (χ1n) is 13.1. The molecule has 206 valence electrons. The molecule has 0 spiro atoms. The number of H-pyrrole nitrogens is 1. The lowest BCUT2D eigenvalue weighted by Gasteiger charge is -2.26. The lowest BCUT2D eigenvalue weighted by molar-refractivity contribution is -0.140. The van der Waals surface area contributed by atoms with E-state index in [0.29, 0.717) is 38.2 Å². The number of imide groups is 1. The van der Waals surface area contributed by atoms with Crippen LogP contribution >= 0.6 is 0 Å². The summed E-state index contributed by atoms with van der Waals surface area (Å²) in [5, 5.41) is 18.0. The summed E-state index contributed by atoms with van der Waals surface area (Å²) in [5.41, 5.74) is 1.32. The predicted molar refractivity (Wildman–Crippen MR) is 140 cm³/mol. The average molecular weight is 538 g/mol. The Morgan fingerprint density at radius 1 is 1.08 bits per heavy atom. The van der Waals surface area contributed by atoms with E-state index in [-0.39, 0.29) is 30.7 Å². The number of aromatic amines is 1. The van der Waals surface area contributed by atoms with E-state index in [1.54, 1.807) is 28.1 Å². The van der Waals surface area contributed by atoms with E-state index in [9.17, 15) is 24.0 Å². The Morgan fingerprint density at radius 3 is 2.67 bits per heavy atom. The number of hydrogen-bond acceptors (Lipinski definition) is 7. The molecule has 6 amide bonds. The highest BCUT2D eigenvalue weighted by Crippen LogP contribution is 2.19. The van der Waals surface area contributed by atoms with Gasteiger partial charge >= 0.3 is 6.03 Å². The standard InChI is InChI=1S/C25H31N9O5/c35-20-12-19(29-25(39)30-20)22(37)31-24(27-16-7-6-15-13-26-32-18(15)11-16)28-17-5-1-2-10-34(23(17)38)14-21(36)33-8-3-4-9-33/h6-7,11,13,17,19H,1-5,8-10,12,14H2,(H,26,32)(H2,27,28,31,37)(H2,29,30,35,39)/t17-,19?/m0/s1. The fourth-order valence-electron chi connectivity index (χ4n) is 4.96. The second kappa shape index (κ2) is 11.5. The van der Waals surface area contributed by atoms with E-state index < -0.39 is 29.9 Å². The lowest BCUT2D eigenvalue weighted by atomic mass is 10.1. The molecule has 3 aliphatic heterocycles. The number of benzene rings is 1. The van der Waals surface area contributed by atoms with Crippen molar-refractivity contribution >= 4 is 52.2 Å². The molecular formula is C25H31N9O5. The molecule has 1 aromatic heterocycles. The second-order valence-corrected chi connectivity index (χ2v) is 9.90. The van der Waals surface area contributed by atoms with Crippen molar-refractivity contribution < 1.29 is 24.0 Å². The third kappa shape index (κ3) is 6.33. The van der Waals surface area contributed by atoms with E-state index >= 15 is 0 Å². The third-order valence-corrected chi connectivity index (χ3v) is 7.03. The molecular weight excluding hydrogens is 506 g/mol. The number of fused-ring (bicyclic) bond motifs is 1. The molecule has 3 aliphatic rings. The molecule has 4 heterocycles. The number of nitrogens with zero attached hydrogens (tertiary/aromatic N) is 4. The number of carbonyl (C=O) groups excluding carboxylic acids is 5. The van der Waals surface area contributed by atoms with Crippen LogP contribution < -0.4 is 21.3 Å². The summed E-state index contributed by atoms with van der Waals surface area (Å²) in [4.78, 5) is 70.7. The molecule has 1 aromatic carbocycles. The molecule has 14 heteroatoms. The van der Waals surface area contributed by atoms with Crippen molar-refractivity contribution in [1.29, 1.82) is 0 Å². The van der Waals surface area contributed by atoms with Crippen LogP contribution in [0.2, 0.25) is 0 Å². The Bertz CT molecular complexity index is 1300. The van der Waals surface area contributed by atoms with E-state index in [4.69, 9.17) is 0 Å². The van der Waals surface area contributed by atoms with Crippen LogP contribution in [-0.4, -0.2) is 93.9 Å². The summed E-state index contributed by atoms with van der Waals surface area (Å²) in [7, 11) is 0. The Labute approximate surface area is 223 Å². The molecule has 14 nitrogen and oxygen atoms in total. The Kier molecular flexibility index (Phi) is 7.70. The highest BCUT2D eigenvalue weighted by molar-refractivity contribution is 6.10. The maximum Gasteiger partial charge on any atom is 0.322 e. The summed E-state index contributed by atoms with van der Waals surface area (Å²) < 4.78 is 0. The molecule has 2 aromatic rings. The van der Waals surface area contributed by atoms with Gasteiger partial charge in [0.1, 0.15) is 12.1 Å². The van der Waals surface area contributed by atoms with Gasteiger partial charge in [0.15, 0.2) is 0 Å². The molecule has 5 rings (SSSR count). The fourth-order valence-corrected chi connectivity index (χ4v) is 4.96. The van der Waals surface area contributed by atoms with Crippen molar-refractivity contribution in [2.75, 3.05) is 31.5 Å². The van der Waals surface area contributed by atoms with Crippen molar-refractivity contribution in [3.8, 4) is 0 Å². The van der Waals surface area contributed by atoms with Gasteiger partial charge in [-0.2, -0.15) is 5.10 Å². The zero-order valence-electron chi connectivity index (χ0n) is 21.4. The number of hydrogen-bond donors (Lipinski definition) is 5. The number of rotatable bonds is 5. The SMILES string of the molecule is O=C1CC(C(=O)NC(=N[C@H]2CCCCN(CC(=O)N3CCCC3)C2=O)Nc2ccc3cn[nH]c3c2)NC(=O)N1. The van der Waals surface area contributed by atoms with Gasteiger partial charge in [0.25, 0.3) is 0 Å².